The number of hydrogen-bond acceptors (Lipinski definition) is 2. The number of para-hydroxylation sites is 1. The van der Waals surface area contributed by atoms with Crippen LogP contribution in [0.3, 0.4) is 0 Å². The Balaban J connectivity index is 1.97. The first-order valence-electron chi connectivity index (χ1n) is 5.24. The summed E-state index contributed by atoms with van der Waals surface area (Å²) in [6, 6.07) is 10.8. The maximum absolute atomic E-state index is 5.43. The van der Waals surface area contributed by atoms with E-state index in [4.69, 9.17) is 4.74 Å². The molecule has 2 nitrogen and oxygen atoms in total. The standard InChI is InChI=1S/C12H17NO/c1-14-12-9-5-8-11(12)13-10-6-3-2-4-7-10/h2-4,6-7,11-13H,5,8-9H2,1H3. The molecule has 1 aliphatic rings. The van der Waals surface area contributed by atoms with Crippen LogP contribution in [0.5, 0.6) is 0 Å². The van der Waals surface area contributed by atoms with E-state index >= 15 is 0 Å². The molecule has 0 aliphatic heterocycles. The maximum Gasteiger partial charge on any atom is 0.0772 e. The van der Waals surface area contributed by atoms with Gasteiger partial charge in [0, 0.05) is 12.8 Å². The Morgan fingerprint density at radius 3 is 2.71 bits per heavy atom. The monoisotopic (exact) mass is 191 g/mol. The molecule has 2 atom stereocenters. The van der Waals surface area contributed by atoms with Crippen LogP contribution in [0.4, 0.5) is 5.69 Å². The first kappa shape index (κ1) is 9.53. The van der Waals surface area contributed by atoms with Gasteiger partial charge in [0.1, 0.15) is 0 Å². The average molecular weight is 191 g/mol. The molecule has 1 saturated carbocycles. The van der Waals surface area contributed by atoms with Crippen molar-refractivity contribution in [3.05, 3.63) is 30.3 Å². The van der Waals surface area contributed by atoms with Gasteiger partial charge in [-0.2, -0.15) is 0 Å². The lowest BCUT2D eigenvalue weighted by Crippen LogP contribution is -2.29. The smallest absolute Gasteiger partial charge is 0.0772 e. The van der Waals surface area contributed by atoms with Crippen molar-refractivity contribution in [3.63, 3.8) is 0 Å². The van der Waals surface area contributed by atoms with Crippen LogP contribution in [-0.2, 0) is 4.74 Å². The number of rotatable bonds is 3. The van der Waals surface area contributed by atoms with Gasteiger partial charge in [-0.3, -0.25) is 0 Å². The van der Waals surface area contributed by atoms with Gasteiger partial charge in [-0.05, 0) is 31.4 Å². The Hall–Kier alpha value is -1.02. The van der Waals surface area contributed by atoms with Crippen molar-refractivity contribution in [2.75, 3.05) is 12.4 Å². The molecule has 0 radical (unpaired) electrons. The van der Waals surface area contributed by atoms with Crippen molar-refractivity contribution in [1.29, 1.82) is 0 Å². The molecular weight excluding hydrogens is 174 g/mol. The fourth-order valence-electron chi connectivity index (χ4n) is 2.12. The van der Waals surface area contributed by atoms with E-state index in [0.717, 1.165) is 0 Å². The molecule has 0 bridgehead atoms. The Morgan fingerprint density at radius 2 is 2.00 bits per heavy atom. The number of anilines is 1. The summed E-state index contributed by atoms with van der Waals surface area (Å²) in [5.41, 5.74) is 1.20. The summed E-state index contributed by atoms with van der Waals surface area (Å²) in [5, 5.41) is 3.52. The highest BCUT2D eigenvalue weighted by Crippen LogP contribution is 2.24. The predicted molar refractivity (Wildman–Crippen MR) is 58.5 cm³/mol. The van der Waals surface area contributed by atoms with E-state index in [1.165, 1.54) is 24.9 Å². The molecule has 0 aromatic heterocycles. The SMILES string of the molecule is COC1CCCC1Nc1ccccc1. The molecule has 76 valence electrons. The average Bonchev–Trinajstić information content (AvgIpc) is 2.67. The Morgan fingerprint density at radius 1 is 1.21 bits per heavy atom. The van der Waals surface area contributed by atoms with E-state index in [1.807, 2.05) is 6.07 Å². The summed E-state index contributed by atoms with van der Waals surface area (Å²) in [5.74, 6) is 0. The minimum Gasteiger partial charge on any atom is -0.380 e. The summed E-state index contributed by atoms with van der Waals surface area (Å²) in [6.45, 7) is 0. The number of nitrogens with one attached hydrogen (secondary N) is 1. The van der Waals surface area contributed by atoms with Crippen molar-refractivity contribution >= 4 is 5.69 Å². The van der Waals surface area contributed by atoms with Crippen molar-refractivity contribution in [3.8, 4) is 0 Å². The molecule has 1 fully saturated rings. The zero-order valence-corrected chi connectivity index (χ0v) is 8.57. The van der Waals surface area contributed by atoms with E-state index in [2.05, 4.69) is 29.6 Å². The molecule has 14 heavy (non-hydrogen) atoms. The van der Waals surface area contributed by atoms with Crippen molar-refractivity contribution in [2.45, 2.75) is 31.4 Å². The highest BCUT2D eigenvalue weighted by Gasteiger charge is 2.26. The maximum atomic E-state index is 5.43. The first-order chi connectivity index (χ1) is 6.90. The van der Waals surface area contributed by atoms with Gasteiger partial charge in [0.25, 0.3) is 0 Å². The predicted octanol–water partition coefficient (Wildman–Crippen LogP) is 2.67. The fourth-order valence-corrected chi connectivity index (χ4v) is 2.12. The van der Waals surface area contributed by atoms with Gasteiger partial charge < -0.3 is 10.1 Å². The lowest BCUT2D eigenvalue weighted by Gasteiger charge is -2.20. The van der Waals surface area contributed by atoms with E-state index in [0.29, 0.717) is 12.1 Å². The first-order valence-corrected chi connectivity index (χ1v) is 5.24. The van der Waals surface area contributed by atoms with Crippen molar-refractivity contribution in [2.24, 2.45) is 0 Å². The zero-order valence-electron chi connectivity index (χ0n) is 8.57. The molecule has 1 aromatic rings. The third-order valence-corrected chi connectivity index (χ3v) is 2.88. The van der Waals surface area contributed by atoms with Crippen LogP contribution in [0.15, 0.2) is 30.3 Å². The van der Waals surface area contributed by atoms with Gasteiger partial charge >= 0.3 is 0 Å². The van der Waals surface area contributed by atoms with Gasteiger partial charge in [-0.15, -0.1) is 0 Å². The van der Waals surface area contributed by atoms with Gasteiger partial charge in [-0.25, -0.2) is 0 Å². The Kier molecular flexibility index (Phi) is 3.04. The highest BCUT2D eigenvalue weighted by atomic mass is 16.5. The van der Waals surface area contributed by atoms with Crippen LogP contribution in [0.2, 0.25) is 0 Å². The number of benzene rings is 1. The van der Waals surface area contributed by atoms with Crippen molar-refractivity contribution in [1.82, 2.24) is 0 Å². The second-order valence-electron chi connectivity index (χ2n) is 3.82. The molecule has 2 rings (SSSR count). The molecular formula is C12H17NO. The molecule has 2 unspecified atom stereocenters. The highest BCUT2D eigenvalue weighted by molar-refractivity contribution is 5.43. The summed E-state index contributed by atoms with van der Waals surface area (Å²) in [6.07, 6.45) is 4.05. The zero-order chi connectivity index (χ0) is 9.80. The van der Waals surface area contributed by atoms with Gasteiger partial charge in [0.15, 0.2) is 0 Å². The molecule has 1 aliphatic carbocycles. The van der Waals surface area contributed by atoms with E-state index in [1.54, 1.807) is 7.11 Å². The molecule has 0 saturated heterocycles. The van der Waals surface area contributed by atoms with Gasteiger partial charge in [-0.1, -0.05) is 18.2 Å². The van der Waals surface area contributed by atoms with Crippen LogP contribution in [0, 0.1) is 0 Å². The minimum atomic E-state index is 0.384. The van der Waals surface area contributed by atoms with Crippen molar-refractivity contribution < 1.29 is 4.74 Å². The number of hydrogen-bond donors (Lipinski definition) is 1. The van der Waals surface area contributed by atoms with Crippen LogP contribution in [0.25, 0.3) is 0 Å². The second-order valence-corrected chi connectivity index (χ2v) is 3.82. The molecule has 1 aromatic carbocycles. The third kappa shape index (κ3) is 2.07. The normalized spacial score (nSPS) is 26.4. The Labute approximate surface area is 85.3 Å². The van der Waals surface area contributed by atoms with E-state index < -0.39 is 0 Å². The molecule has 0 spiro atoms. The van der Waals surface area contributed by atoms with E-state index in [9.17, 15) is 0 Å². The quantitative estimate of drug-likeness (QED) is 0.793. The third-order valence-electron chi connectivity index (χ3n) is 2.88. The van der Waals surface area contributed by atoms with Gasteiger partial charge in [0.05, 0.1) is 12.1 Å². The van der Waals surface area contributed by atoms with E-state index in [-0.39, 0.29) is 0 Å². The summed E-state index contributed by atoms with van der Waals surface area (Å²) >= 11 is 0. The molecule has 0 heterocycles. The van der Waals surface area contributed by atoms with Crippen LogP contribution < -0.4 is 5.32 Å². The fraction of sp³-hybridized carbons (Fsp3) is 0.500. The number of methoxy groups -OCH3 is 1. The van der Waals surface area contributed by atoms with Crippen LogP contribution >= 0.6 is 0 Å². The molecule has 1 N–H and O–H groups in total. The number of ether oxygens (including phenoxy) is 1. The summed E-state index contributed by atoms with van der Waals surface area (Å²) in [7, 11) is 1.80. The molecule has 0 amide bonds. The molecule has 2 heteroatoms. The van der Waals surface area contributed by atoms with Crippen LogP contribution in [-0.4, -0.2) is 19.3 Å². The lowest BCUT2D eigenvalue weighted by molar-refractivity contribution is 0.101. The summed E-state index contributed by atoms with van der Waals surface area (Å²) in [4.78, 5) is 0. The van der Waals surface area contributed by atoms with Gasteiger partial charge in [0.2, 0.25) is 0 Å². The lowest BCUT2D eigenvalue weighted by atomic mass is 10.2. The largest absolute Gasteiger partial charge is 0.380 e. The second kappa shape index (κ2) is 4.47. The van der Waals surface area contributed by atoms with Crippen LogP contribution in [0.1, 0.15) is 19.3 Å². The topological polar surface area (TPSA) is 21.3 Å². The minimum absolute atomic E-state index is 0.384. The Bertz CT molecular complexity index is 273. The summed E-state index contributed by atoms with van der Waals surface area (Å²) < 4.78 is 5.43.